The van der Waals surface area contributed by atoms with Crippen molar-refractivity contribution in [2.24, 2.45) is 5.73 Å². The van der Waals surface area contributed by atoms with E-state index in [1.54, 1.807) is 0 Å². The lowest BCUT2D eigenvalue weighted by Gasteiger charge is -2.28. The number of nitrogens with two attached hydrogens (primary N) is 1. The molecule has 0 spiro atoms. The number of hydrogen-bond donors (Lipinski definition) is 2. The number of urea groups is 1. The molecule has 10 heteroatoms. The summed E-state index contributed by atoms with van der Waals surface area (Å²) in [5.74, 6) is -0.758. The summed E-state index contributed by atoms with van der Waals surface area (Å²) in [7, 11) is 0. The third-order valence-electron chi connectivity index (χ3n) is 4.56. The van der Waals surface area contributed by atoms with Crippen molar-refractivity contribution < 1.29 is 22.8 Å². The van der Waals surface area contributed by atoms with Crippen LogP contribution in [-0.2, 0) is 11.0 Å². The van der Waals surface area contributed by atoms with Crippen LogP contribution in [0, 0.1) is 11.3 Å². The van der Waals surface area contributed by atoms with Gasteiger partial charge in [-0.25, -0.2) is 4.79 Å². The summed E-state index contributed by atoms with van der Waals surface area (Å²) in [6.45, 7) is -0.122. The summed E-state index contributed by atoms with van der Waals surface area (Å²) >= 11 is 5.71. The number of amides is 3. The summed E-state index contributed by atoms with van der Waals surface area (Å²) < 4.78 is 40.0. The zero-order valence-corrected chi connectivity index (χ0v) is 15.5. The van der Waals surface area contributed by atoms with Crippen LogP contribution in [0.25, 0.3) is 0 Å². The molecule has 6 nitrogen and oxygen atoms in total. The Balaban J connectivity index is 2.12. The van der Waals surface area contributed by atoms with E-state index in [0.29, 0.717) is 11.1 Å². The minimum Gasteiger partial charge on any atom is -0.368 e. The van der Waals surface area contributed by atoms with E-state index in [4.69, 9.17) is 22.6 Å². The fraction of sp³-hybridized carbons (Fsp3) is 0.211. The number of hydrogen-bond acceptors (Lipinski definition) is 3. The maximum absolute atomic E-state index is 13.3. The lowest BCUT2D eigenvalue weighted by Crippen LogP contribution is -2.39. The second-order valence-corrected chi connectivity index (χ2v) is 6.84. The molecule has 2 atom stereocenters. The SMILES string of the molecule is N#Cc1ccc([C@H](c2ccc(Cl)c(C(F)(F)F)c2)N2CC(C(N)=O)NC2=O)cc1. The Labute approximate surface area is 168 Å². The Morgan fingerprint density at radius 3 is 2.38 bits per heavy atom. The molecule has 3 rings (SSSR count). The molecule has 1 unspecified atom stereocenters. The van der Waals surface area contributed by atoms with Gasteiger partial charge in [-0.1, -0.05) is 29.8 Å². The highest BCUT2D eigenvalue weighted by Crippen LogP contribution is 2.39. The molecule has 2 aromatic rings. The van der Waals surface area contributed by atoms with Gasteiger partial charge >= 0.3 is 12.2 Å². The van der Waals surface area contributed by atoms with Gasteiger partial charge in [0.25, 0.3) is 0 Å². The minimum absolute atomic E-state index is 0.122. The summed E-state index contributed by atoms with van der Waals surface area (Å²) in [6.07, 6.45) is -4.69. The van der Waals surface area contributed by atoms with Crippen LogP contribution < -0.4 is 11.1 Å². The first-order valence-electron chi connectivity index (χ1n) is 8.35. The summed E-state index contributed by atoms with van der Waals surface area (Å²) in [5.41, 5.74) is 5.17. The van der Waals surface area contributed by atoms with E-state index in [-0.39, 0.29) is 12.1 Å². The van der Waals surface area contributed by atoms with E-state index < -0.39 is 40.8 Å². The third-order valence-corrected chi connectivity index (χ3v) is 4.89. The highest BCUT2D eigenvalue weighted by molar-refractivity contribution is 6.31. The predicted octanol–water partition coefficient (Wildman–Crippen LogP) is 3.20. The largest absolute Gasteiger partial charge is 0.417 e. The van der Waals surface area contributed by atoms with Crippen molar-refractivity contribution in [2.75, 3.05) is 6.54 Å². The quantitative estimate of drug-likeness (QED) is 0.791. The van der Waals surface area contributed by atoms with Crippen LogP contribution >= 0.6 is 11.6 Å². The molecule has 0 radical (unpaired) electrons. The average molecular weight is 423 g/mol. The number of nitriles is 1. The van der Waals surface area contributed by atoms with Crippen molar-refractivity contribution in [3.63, 3.8) is 0 Å². The maximum Gasteiger partial charge on any atom is 0.417 e. The molecule has 1 fully saturated rings. The van der Waals surface area contributed by atoms with Crippen LogP contribution in [0.1, 0.15) is 28.3 Å². The number of benzene rings is 2. The number of carbonyl (C=O) groups excluding carboxylic acids is 2. The second-order valence-electron chi connectivity index (χ2n) is 6.43. The van der Waals surface area contributed by atoms with Gasteiger partial charge in [0.2, 0.25) is 5.91 Å². The molecule has 0 bridgehead atoms. The molecule has 0 aliphatic carbocycles. The smallest absolute Gasteiger partial charge is 0.368 e. The Morgan fingerprint density at radius 2 is 1.86 bits per heavy atom. The van der Waals surface area contributed by atoms with Crippen molar-refractivity contribution in [3.05, 3.63) is 69.7 Å². The summed E-state index contributed by atoms with van der Waals surface area (Å²) in [6, 6.07) is 8.79. The van der Waals surface area contributed by atoms with Crippen LogP contribution in [0.15, 0.2) is 42.5 Å². The van der Waals surface area contributed by atoms with E-state index >= 15 is 0 Å². The number of halogens is 4. The Kier molecular flexibility index (Phi) is 5.40. The van der Waals surface area contributed by atoms with Crippen molar-refractivity contribution in [1.29, 1.82) is 5.26 Å². The molecule has 29 heavy (non-hydrogen) atoms. The number of primary amides is 1. The first kappa shape index (κ1) is 20.5. The van der Waals surface area contributed by atoms with Crippen molar-refractivity contribution in [1.82, 2.24) is 10.2 Å². The average Bonchev–Trinajstić information content (AvgIpc) is 3.05. The van der Waals surface area contributed by atoms with E-state index in [1.165, 1.54) is 35.2 Å². The van der Waals surface area contributed by atoms with Gasteiger partial charge in [0, 0.05) is 0 Å². The Bertz CT molecular complexity index is 1000. The first-order valence-corrected chi connectivity index (χ1v) is 8.72. The van der Waals surface area contributed by atoms with Gasteiger partial charge in [0.05, 0.1) is 34.8 Å². The Morgan fingerprint density at radius 1 is 1.24 bits per heavy atom. The highest BCUT2D eigenvalue weighted by Gasteiger charge is 2.39. The molecule has 3 N–H and O–H groups in total. The summed E-state index contributed by atoms with van der Waals surface area (Å²) in [5, 5.41) is 10.9. The van der Waals surface area contributed by atoms with E-state index in [2.05, 4.69) is 5.32 Å². The molecule has 1 saturated heterocycles. The minimum atomic E-state index is -4.69. The fourth-order valence-corrected chi connectivity index (χ4v) is 3.39. The normalized spacial score (nSPS) is 17.6. The third kappa shape index (κ3) is 4.12. The maximum atomic E-state index is 13.3. The standard InChI is InChI=1S/C19H14ClF3N4O2/c20-14-6-5-12(7-13(14)19(21,22)23)16(11-3-1-10(8-24)2-4-11)27-9-15(17(25)28)26-18(27)29/h1-7,15-16H,9H2,(H2,25,28)(H,26,29)/t15?,16-/m1/s1. The molecule has 1 heterocycles. The zero-order valence-electron chi connectivity index (χ0n) is 14.7. The van der Waals surface area contributed by atoms with Gasteiger partial charge in [0.15, 0.2) is 0 Å². The molecule has 0 saturated carbocycles. The lowest BCUT2D eigenvalue weighted by molar-refractivity contribution is -0.137. The van der Waals surface area contributed by atoms with Gasteiger partial charge in [-0.05, 0) is 35.4 Å². The van der Waals surface area contributed by atoms with Gasteiger partial charge in [-0.15, -0.1) is 0 Å². The topological polar surface area (TPSA) is 99.2 Å². The number of nitrogens with one attached hydrogen (secondary N) is 1. The van der Waals surface area contributed by atoms with Gasteiger partial charge in [-0.3, -0.25) is 4.79 Å². The van der Waals surface area contributed by atoms with Crippen molar-refractivity contribution in [3.8, 4) is 6.07 Å². The molecule has 3 amide bonds. The van der Waals surface area contributed by atoms with Crippen LogP contribution in [-0.4, -0.2) is 29.4 Å². The predicted molar refractivity (Wildman–Crippen MR) is 97.7 cm³/mol. The van der Waals surface area contributed by atoms with Gasteiger partial charge < -0.3 is 16.0 Å². The van der Waals surface area contributed by atoms with Gasteiger partial charge in [-0.2, -0.15) is 18.4 Å². The number of alkyl halides is 3. The molecule has 150 valence electrons. The summed E-state index contributed by atoms with van der Waals surface area (Å²) in [4.78, 5) is 25.2. The van der Waals surface area contributed by atoms with Crippen LogP contribution in [0.4, 0.5) is 18.0 Å². The number of rotatable bonds is 4. The van der Waals surface area contributed by atoms with E-state index in [1.807, 2.05) is 6.07 Å². The van der Waals surface area contributed by atoms with Crippen LogP contribution in [0.3, 0.4) is 0 Å². The molecule has 1 aliphatic rings. The van der Waals surface area contributed by atoms with E-state index in [9.17, 15) is 22.8 Å². The molecule has 2 aromatic carbocycles. The zero-order chi connectivity index (χ0) is 21.3. The second kappa shape index (κ2) is 7.64. The molecular weight excluding hydrogens is 409 g/mol. The van der Waals surface area contributed by atoms with Crippen LogP contribution in [0.5, 0.6) is 0 Å². The molecule has 1 aliphatic heterocycles. The fourth-order valence-electron chi connectivity index (χ4n) is 3.16. The lowest BCUT2D eigenvalue weighted by atomic mass is 9.94. The van der Waals surface area contributed by atoms with E-state index in [0.717, 1.165) is 12.1 Å². The Hall–Kier alpha value is -3.25. The van der Waals surface area contributed by atoms with Gasteiger partial charge in [0.1, 0.15) is 6.04 Å². The first-order chi connectivity index (χ1) is 13.6. The van der Waals surface area contributed by atoms with Crippen LogP contribution in [0.2, 0.25) is 5.02 Å². The number of nitrogens with zero attached hydrogens (tertiary/aromatic N) is 2. The monoisotopic (exact) mass is 422 g/mol. The molecule has 0 aromatic heterocycles. The highest BCUT2D eigenvalue weighted by atomic mass is 35.5. The van der Waals surface area contributed by atoms with Crippen molar-refractivity contribution >= 4 is 23.5 Å². The number of carbonyl (C=O) groups is 2. The molecular formula is C19H14ClF3N4O2. The van der Waals surface area contributed by atoms with Crippen molar-refractivity contribution in [2.45, 2.75) is 18.3 Å².